The smallest absolute Gasteiger partial charge is 0.411 e. The Balaban J connectivity index is 1.13. The number of ketones is 1. The summed E-state index contributed by atoms with van der Waals surface area (Å²) in [6, 6.07) is 0.922. The van der Waals surface area contributed by atoms with Crippen LogP contribution in [0, 0.1) is 45.5 Å². The van der Waals surface area contributed by atoms with Crippen LogP contribution < -0.4 is 30.3 Å². The number of allylic oxidation sites excluding steroid dienone is 3. The monoisotopic (exact) mass is 1390 g/mol. The number of carbonyl (C=O) groups excluding carboxylic acids is 3. The molecule has 1 aromatic rings. The van der Waals surface area contributed by atoms with Crippen LogP contribution in [0.2, 0.25) is 0 Å². The Morgan fingerprint density at radius 2 is 1.62 bits per heavy atom. The summed E-state index contributed by atoms with van der Waals surface area (Å²) in [5, 5.41) is 72.5. The van der Waals surface area contributed by atoms with Crippen molar-refractivity contribution in [3.8, 4) is 47.0 Å². The third kappa shape index (κ3) is 16.5. The average molecular weight is 1390 g/mol. The summed E-state index contributed by atoms with van der Waals surface area (Å²) in [4.78, 5) is 47.7. The zero-order valence-electron chi connectivity index (χ0n) is 50.2. The van der Waals surface area contributed by atoms with Gasteiger partial charge in [-0.1, -0.05) is 70.0 Å². The number of amides is 1. The van der Waals surface area contributed by atoms with Gasteiger partial charge in [0.05, 0.1) is 103 Å². The van der Waals surface area contributed by atoms with Gasteiger partial charge in [-0.15, -0.1) is 0 Å². The predicted octanol–water partition coefficient (Wildman–Crippen LogP) is 3.22. The summed E-state index contributed by atoms with van der Waals surface area (Å²) < 4.78 is 71.8. The maximum Gasteiger partial charge on any atom is 0.411 e. The van der Waals surface area contributed by atoms with Crippen LogP contribution >= 0.6 is 55.9 Å². The summed E-state index contributed by atoms with van der Waals surface area (Å²) in [5.74, 6) is 11.0. The van der Waals surface area contributed by atoms with E-state index in [0.29, 0.717) is 15.7 Å². The fourth-order valence-corrected chi connectivity index (χ4v) is 14.4. The highest BCUT2D eigenvalue weighted by Crippen LogP contribution is 2.49. The summed E-state index contributed by atoms with van der Waals surface area (Å²) >= 11 is 2.81. The van der Waals surface area contributed by atoms with Crippen molar-refractivity contribution < 1.29 is 102 Å². The molecule has 0 aromatic heterocycles. The molecule has 2 aliphatic carbocycles. The van der Waals surface area contributed by atoms with Gasteiger partial charge in [-0.05, 0) is 88.4 Å². The minimum atomic E-state index is -2.13. The van der Waals surface area contributed by atoms with E-state index in [2.05, 4.69) is 45.9 Å². The average Bonchev–Trinajstić information content (AvgIpc) is 0.827. The lowest BCUT2D eigenvalue weighted by atomic mass is 9.75. The zero-order valence-corrected chi connectivity index (χ0v) is 54.8. The number of hydroxylamine groups is 1. The van der Waals surface area contributed by atoms with Crippen molar-refractivity contribution in [3.05, 3.63) is 49.8 Å². The molecule has 8 N–H and O–H groups in total. The number of nitrogens with zero attached hydrogens (tertiary/aromatic N) is 1. The van der Waals surface area contributed by atoms with Gasteiger partial charge in [0.25, 0.3) is 0 Å². The van der Waals surface area contributed by atoms with Gasteiger partial charge in [0.1, 0.15) is 41.4 Å². The highest BCUT2D eigenvalue weighted by atomic mass is 127. The Hall–Kier alpha value is -3.80. The van der Waals surface area contributed by atoms with E-state index < -0.39 is 131 Å². The van der Waals surface area contributed by atoms with Crippen molar-refractivity contribution in [1.82, 2.24) is 16.1 Å². The molecule has 19 atom stereocenters. The summed E-state index contributed by atoms with van der Waals surface area (Å²) in [5.41, 5.74) is 1.01. The van der Waals surface area contributed by atoms with Gasteiger partial charge in [0, 0.05) is 44.0 Å². The number of hydrogen-bond acceptors (Lipinski definition) is 27. The van der Waals surface area contributed by atoms with Crippen LogP contribution in [-0.2, 0) is 52.3 Å². The molecule has 0 saturated carbocycles. The number of aliphatic hydroxyl groups excluding tert-OH is 4. The van der Waals surface area contributed by atoms with E-state index in [-0.39, 0.29) is 77.0 Å². The topological polar surface area (TPSA) is 332 Å². The molecule has 4 heterocycles. The number of Topliss-reactive ketones (excluding diaryl/α,β-unsaturated/α-hetero) is 1. The third-order valence-electron chi connectivity index (χ3n) is 15.2. The summed E-state index contributed by atoms with van der Waals surface area (Å²) in [7, 11) is 9.33. The maximum atomic E-state index is 14.5. The van der Waals surface area contributed by atoms with E-state index in [4.69, 9.17) is 61.7 Å². The Morgan fingerprint density at radius 3 is 2.28 bits per heavy atom. The van der Waals surface area contributed by atoms with E-state index in [9.17, 15) is 45.2 Å². The molecule has 4 saturated heterocycles. The molecule has 4 aliphatic heterocycles. The minimum Gasteiger partial charge on any atom is -0.492 e. The molecule has 0 unspecified atom stereocenters. The molecule has 0 spiro atoms. The first-order chi connectivity index (χ1) is 41.4. The van der Waals surface area contributed by atoms with Crippen LogP contribution in [0.4, 0.5) is 4.79 Å². The second-order valence-corrected chi connectivity index (χ2v) is 26.7. The summed E-state index contributed by atoms with van der Waals surface area (Å²) in [6.07, 6.45) is -14.4. The Kier molecular flexibility index (Phi) is 25.6. The molecular formula is C58H77IN4O21S3. The lowest BCUT2D eigenvalue weighted by Gasteiger charge is -2.46. The van der Waals surface area contributed by atoms with E-state index in [1.807, 2.05) is 29.5 Å². The SMILES string of the molecule is CCN[C@H]1CO[C@@H](O[C@H]2[C@H](O[C@H]3C#C/C=C/C#C[C@]4(O)CC(=O)C(NC(=O)OC)=C3/C4=C\CSSC(C)(C)C#N)O[C@H](C)[C@@H](NO[C@H]3C[C@H](O)[C@H](SC(=O)c4c(C)c(I)c(O[C@@H]5O[C@@H](C)[C@H](O)[C@@H](OC)[C@H]5O)c(OC)c4OC)[C@@H](C)O3)[C@@H]2O)C[C@@H]1OC. The van der Waals surface area contributed by atoms with E-state index in [1.165, 1.54) is 55.1 Å². The van der Waals surface area contributed by atoms with E-state index >= 15 is 0 Å². The fraction of sp³-hybridized carbons (Fsp3) is 0.655. The van der Waals surface area contributed by atoms with Crippen molar-refractivity contribution in [2.75, 3.05) is 54.5 Å². The quantitative estimate of drug-likeness (QED) is 0.0272. The number of hydrogen-bond donors (Lipinski definition) is 8. The van der Waals surface area contributed by atoms with Crippen LogP contribution in [0.3, 0.4) is 0 Å². The van der Waals surface area contributed by atoms with Crippen LogP contribution in [0.15, 0.2) is 35.1 Å². The fourth-order valence-electron chi connectivity index (χ4n) is 10.6. The van der Waals surface area contributed by atoms with Gasteiger partial charge in [0.15, 0.2) is 41.8 Å². The van der Waals surface area contributed by atoms with Gasteiger partial charge in [0.2, 0.25) is 17.2 Å². The normalized spacial score (nSPS) is 35.2. The van der Waals surface area contributed by atoms with Gasteiger partial charge in [-0.3, -0.25) is 19.7 Å². The van der Waals surface area contributed by atoms with Crippen molar-refractivity contribution in [1.29, 1.82) is 5.26 Å². The number of methoxy groups -OCH3 is 5. The van der Waals surface area contributed by atoms with E-state index in [1.54, 1.807) is 54.7 Å². The van der Waals surface area contributed by atoms with Gasteiger partial charge >= 0.3 is 6.09 Å². The van der Waals surface area contributed by atoms with Crippen LogP contribution in [-0.4, -0.2) is 217 Å². The first kappa shape index (κ1) is 70.7. The Labute approximate surface area is 531 Å². The molecule has 480 valence electrons. The minimum absolute atomic E-state index is 0.0188. The molecule has 0 radical (unpaired) electrons. The molecule has 4 fully saturated rings. The molecule has 87 heavy (non-hydrogen) atoms. The first-order valence-electron chi connectivity index (χ1n) is 28.0. The highest BCUT2D eigenvalue weighted by molar-refractivity contribution is 14.1. The molecule has 1 amide bonds. The molecule has 1 aromatic carbocycles. The number of carbonyl (C=O) groups is 3. The lowest BCUT2D eigenvalue weighted by molar-refractivity contribution is -0.336. The van der Waals surface area contributed by atoms with Crippen LogP contribution in [0.25, 0.3) is 0 Å². The number of nitriles is 1. The van der Waals surface area contributed by atoms with Crippen molar-refractivity contribution in [3.63, 3.8) is 0 Å². The number of aliphatic hydroxyl groups is 5. The van der Waals surface area contributed by atoms with Gasteiger partial charge in [-0.2, -0.15) is 10.7 Å². The van der Waals surface area contributed by atoms with Gasteiger partial charge < -0.3 is 87.7 Å². The molecule has 6 aliphatic rings. The number of alkyl carbamates (subject to hydrolysis) is 1. The number of halogens is 1. The second-order valence-electron chi connectivity index (χ2n) is 21.5. The molecular weight excluding hydrogens is 1310 g/mol. The summed E-state index contributed by atoms with van der Waals surface area (Å²) in [6.45, 7) is 12.8. The van der Waals surface area contributed by atoms with E-state index in [0.717, 1.165) is 18.9 Å². The van der Waals surface area contributed by atoms with Crippen molar-refractivity contribution >= 4 is 72.9 Å². The van der Waals surface area contributed by atoms with Crippen molar-refractivity contribution in [2.24, 2.45) is 0 Å². The molecule has 29 heteroatoms. The zero-order chi connectivity index (χ0) is 63.7. The standard InChI is InChI=1S/C58H77IN4O21S3/c1-13-61-32-25-77-37(23-36(32)72-8)82-50-45(67)42(28(3)79-55(50)81-35-18-16-14-15-17-20-58(71)24-34(65)43(62-56(70)76-12)40(35)31(58)19-21-85-87-57(6,7)26-60)63-84-38-22-33(64)52(30(5)78-38)86-53(69)39-27(2)41(59)48(51(75-11)47(39)73-9)83-54-46(68)49(74-10)44(66)29(4)80-54/h14-15,19,28-30,32-33,35-38,42,44-46,49-50,52,54-55,61,63-64,66-68,71H,13,21-25H2,1-12H3,(H,62,70)/b15-14+,31-19+/t28-,29+,30-,32+,33+,35+,36+,37+,38+,42-,44+,45+,46-,49-,50-,52-,54+,55+,58+/m1/s1. The van der Waals surface area contributed by atoms with Crippen LogP contribution in [0.1, 0.15) is 76.7 Å². The lowest BCUT2D eigenvalue weighted by Crippen LogP contribution is -2.65. The predicted molar refractivity (Wildman–Crippen MR) is 326 cm³/mol. The number of nitrogens with one attached hydrogen (secondary N) is 3. The number of ether oxygens (including phenoxy) is 12. The number of fused-ring (bicyclic) bond motifs is 2. The number of thioether (sulfide) groups is 1. The molecule has 7 rings (SSSR count). The largest absolute Gasteiger partial charge is 0.492 e. The maximum absolute atomic E-state index is 14.5. The Bertz CT molecular complexity index is 2900. The van der Waals surface area contributed by atoms with Crippen molar-refractivity contribution in [2.45, 2.75) is 188 Å². The Morgan fingerprint density at radius 1 is 0.908 bits per heavy atom. The number of likely N-dealkylation sites (N-methyl/N-ethyl adjacent to an activating group) is 1. The molecule has 25 nitrogen and oxygen atoms in total. The second kappa shape index (κ2) is 31.5. The third-order valence-corrected chi connectivity index (χ3v) is 20.8. The first-order valence-corrected chi connectivity index (χ1v) is 32.3. The highest BCUT2D eigenvalue weighted by Gasteiger charge is 2.52. The molecule has 2 bridgehead atoms. The number of rotatable bonds is 22. The van der Waals surface area contributed by atoms with Crippen LogP contribution in [0.5, 0.6) is 17.2 Å². The number of benzene rings is 1. The van der Waals surface area contributed by atoms with Gasteiger partial charge in [-0.25, -0.2) is 4.79 Å².